The highest BCUT2D eigenvalue weighted by Gasteiger charge is 2.42. The van der Waals surface area contributed by atoms with Gasteiger partial charge in [0.1, 0.15) is 12.9 Å². The van der Waals surface area contributed by atoms with Gasteiger partial charge in [-0.15, -0.1) is 0 Å². The molecule has 0 aliphatic heterocycles. The molecule has 1 aromatic rings. The zero-order valence-electron chi connectivity index (χ0n) is 17.0. The summed E-state index contributed by atoms with van der Waals surface area (Å²) >= 11 is 0. The average molecular weight is 380 g/mol. The molecule has 146 valence electrons. The van der Waals surface area contributed by atoms with Crippen LogP contribution in [0.2, 0.25) is 18.1 Å². The van der Waals surface area contributed by atoms with Gasteiger partial charge in [-0.05, 0) is 30.1 Å². The molecule has 0 fully saturated rings. The van der Waals surface area contributed by atoms with Gasteiger partial charge in [-0.2, -0.15) is 5.06 Å². The van der Waals surface area contributed by atoms with Gasteiger partial charge in [0, 0.05) is 6.42 Å². The van der Waals surface area contributed by atoms with Crippen molar-refractivity contribution >= 4 is 20.7 Å². The Bertz CT molecular complexity index is 569. The van der Waals surface area contributed by atoms with Gasteiger partial charge < -0.3 is 14.1 Å². The molecule has 1 atom stereocenters. The van der Waals surface area contributed by atoms with Crippen molar-refractivity contribution in [3.63, 3.8) is 0 Å². The predicted molar refractivity (Wildman–Crippen MR) is 106 cm³/mol. The van der Waals surface area contributed by atoms with E-state index in [9.17, 15) is 9.59 Å². The lowest BCUT2D eigenvalue weighted by Crippen LogP contribution is -2.52. The molecule has 1 amide bonds. The van der Waals surface area contributed by atoms with Crippen LogP contribution in [0.15, 0.2) is 30.3 Å². The number of rotatable bonds is 9. The molecule has 0 heterocycles. The van der Waals surface area contributed by atoms with Crippen LogP contribution in [-0.4, -0.2) is 31.8 Å². The minimum Gasteiger partial charge on any atom is -0.443 e. The Morgan fingerprint density at radius 2 is 1.85 bits per heavy atom. The lowest BCUT2D eigenvalue weighted by molar-refractivity contribution is -0.117. The van der Waals surface area contributed by atoms with Crippen LogP contribution in [0.25, 0.3) is 0 Å². The maximum Gasteiger partial charge on any atom is 0.433 e. The van der Waals surface area contributed by atoms with E-state index in [-0.39, 0.29) is 24.1 Å². The van der Waals surface area contributed by atoms with Crippen molar-refractivity contribution in [2.24, 2.45) is 0 Å². The van der Waals surface area contributed by atoms with Crippen molar-refractivity contribution in [3.05, 3.63) is 35.9 Å². The van der Waals surface area contributed by atoms with Crippen LogP contribution in [-0.2, 0) is 20.7 Å². The van der Waals surface area contributed by atoms with E-state index in [1.165, 1.54) is 5.06 Å². The van der Waals surface area contributed by atoms with E-state index in [2.05, 4.69) is 33.9 Å². The Morgan fingerprint density at radius 1 is 1.23 bits per heavy atom. The first-order chi connectivity index (χ1) is 12.1. The lowest BCUT2D eigenvalue weighted by atomic mass is 10.1. The van der Waals surface area contributed by atoms with Crippen LogP contribution in [0.4, 0.5) is 4.79 Å². The number of aldehydes is 1. The number of benzene rings is 1. The summed E-state index contributed by atoms with van der Waals surface area (Å²) in [6.45, 7) is 12.7. The Kier molecular flexibility index (Phi) is 8.50. The monoisotopic (exact) mass is 379 g/mol. The zero-order valence-corrected chi connectivity index (χ0v) is 18.0. The zero-order chi connectivity index (χ0) is 19.8. The van der Waals surface area contributed by atoms with Crippen LogP contribution in [0.5, 0.6) is 0 Å². The molecule has 0 saturated heterocycles. The van der Waals surface area contributed by atoms with Crippen LogP contribution in [0, 0.1) is 0 Å². The SMILES string of the molecule is CCC[C@H](CC=O)N(O[Si](C)(C)C(C)(C)C)C(=O)OCc1ccccc1. The number of hydrogen-bond donors (Lipinski definition) is 0. The minimum absolute atomic E-state index is 0.0666. The molecule has 0 spiro atoms. The number of hydrogen-bond acceptors (Lipinski definition) is 4. The molecule has 0 N–H and O–H groups in total. The van der Waals surface area contributed by atoms with Crippen molar-refractivity contribution in [2.45, 2.75) is 77.7 Å². The summed E-state index contributed by atoms with van der Waals surface area (Å²) in [5.74, 6) is 0. The van der Waals surface area contributed by atoms with Gasteiger partial charge >= 0.3 is 6.09 Å². The quantitative estimate of drug-likeness (QED) is 0.331. The van der Waals surface area contributed by atoms with E-state index < -0.39 is 14.4 Å². The molecule has 0 saturated carbocycles. The topological polar surface area (TPSA) is 55.8 Å². The average Bonchev–Trinajstić information content (AvgIpc) is 2.57. The number of hydroxylamine groups is 2. The summed E-state index contributed by atoms with van der Waals surface area (Å²) in [6, 6.07) is 9.22. The molecular weight excluding hydrogens is 346 g/mol. The lowest BCUT2D eigenvalue weighted by Gasteiger charge is -2.41. The maximum absolute atomic E-state index is 12.8. The van der Waals surface area contributed by atoms with E-state index in [1.807, 2.05) is 37.3 Å². The van der Waals surface area contributed by atoms with E-state index in [0.29, 0.717) is 6.42 Å². The Labute approximate surface area is 158 Å². The molecule has 26 heavy (non-hydrogen) atoms. The molecule has 0 radical (unpaired) electrons. The first-order valence-corrected chi connectivity index (χ1v) is 12.2. The van der Waals surface area contributed by atoms with E-state index in [4.69, 9.17) is 9.26 Å². The van der Waals surface area contributed by atoms with E-state index in [0.717, 1.165) is 18.3 Å². The second-order valence-corrected chi connectivity index (χ2v) is 12.8. The van der Waals surface area contributed by atoms with Crippen LogP contribution >= 0.6 is 0 Å². The third kappa shape index (κ3) is 6.57. The summed E-state index contributed by atoms with van der Waals surface area (Å²) in [4.78, 5) is 23.9. The van der Waals surface area contributed by atoms with Crippen molar-refractivity contribution in [3.8, 4) is 0 Å². The predicted octanol–water partition coefficient (Wildman–Crippen LogP) is 5.32. The molecule has 0 aliphatic rings. The van der Waals surface area contributed by atoms with Gasteiger partial charge in [0.05, 0.1) is 6.04 Å². The van der Waals surface area contributed by atoms with E-state index >= 15 is 0 Å². The fourth-order valence-corrected chi connectivity index (χ4v) is 3.19. The number of ether oxygens (including phenoxy) is 1. The van der Waals surface area contributed by atoms with Gasteiger partial charge in [-0.3, -0.25) is 0 Å². The summed E-state index contributed by atoms with van der Waals surface area (Å²) in [5.41, 5.74) is 0.913. The highest BCUT2D eigenvalue weighted by Crippen LogP contribution is 2.38. The molecular formula is C20H33NO4Si. The first kappa shape index (κ1) is 22.4. The normalized spacial score (nSPS) is 13.2. The number of carbonyl (C=O) groups is 2. The highest BCUT2D eigenvalue weighted by atomic mass is 28.4. The Balaban J connectivity index is 2.97. The fourth-order valence-electron chi connectivity index (χ4n) is 2.20. The fraction of sp³-hybridized carbons (Fsp3) is 0.600. The van der Waals surface area contributed by atoms with Crippen molar-refractivity contribution in [1.29, 1.82) is 0 Å². The van der Waals surface area contributed by atoms with Crippen LogP contribution in [0.1, 0.15) is 52.5 Å². The van der Waals surface area contributed by atoms with E-state index in [1.54, 1.807) is 0 Å². The third-order valence-electron chi connectivity index (χ3n) is 4.84. The molecule has 0 bridgehead atoms. The van der Waals surface area contributed by atoms with Crippen molar-refractivity contribution in [2.75, 3.05) is 0 Å². The largest absolute Gasteiger partial charge is 0.443 e. The number of carbonyl (C=O) groups excluding carboxylic acids is 2. The molecule has 6 heteroatoms. The van der Waals surface area contributed by atoms with Gasteiger partial charge in [0.25, 0.3) is 0 Å². The summed E-state index contributed by atoms with van der Waals surface area (Å²) in [5, 5.41) is 1.27. The molecule has 0 unspecified atom stereocenters. The number of nitrogens with zero attached hydrogens (tertiary/aromatic N) is 1. The minimum atomic E-state index is -2.25. The standard InChI is InChI=1S/C20H33NO4Si/c1-7-11-18(14-15-22)21(25-26(5,6)20(2,3)4)19(23)24-16-17-12-9-8-10-13-17/h8-10,12-13,15,18H,7,11,14,16H2,1-6H3/t18-/m1/s1. The highest BCUT2D eigenvalue weighted by molar-refractivity contribution is 6.74. The van der Waals surface area contributed by atoms with Gasteiger partial charge in [-0.1, -0.05) is 64.4 Å². The summed E-state index contributed by atoms with van der Waals surface area (Å²) in [6.07, 6.45) is 2.09. The van der Waals surface area contributed by atoms with Crippen molar-refractivity contribution < 1.29 is 18.9 Å². The van der Waals surface area contributed by atoms with Crippen LogP contribution < -0.4 is 0 Å². The van der Waals surface area contributed by atoms with Crippen molar-refractivity contribution in [1.82, 2.24) is 5.06 Å². The van der Waals surface area contributed by atoms with Gasteiger partial charge in [-0.25, -0.2) is 4.79 Å². The smallest absolute Gasteiger partial charge is 0.433 e. The maximum atomic E-state index is 12.8. The summed E-state index contributed by atoms with van der Waals surface area (Å²) < 4.78 is 11.7. The molecule has 0 aromatic heterocycles. The summed E-state index contributed by atoms with van der Waals surface area (Å²) in [7, 11) is -2.25. The van der Waals surface area contributed by atoms with Gasteiger partial charge in [0.15, 0.2) is 0 Å². The molecule has 5 nitrogen and oxygen atoms in total. The Morgan fingerprint density at radius 3 is 2.35 bits per heavy atom. The third-order valence-corrected chi connectivity index (χ3v) is 9.11. The second kappa shape index (κ2) is 9.88. The Hall–Kier alpha value is -1.66. The molecule has 1 rings (SSSR count). The second-order valence-electron chi connectivity index (χ2n) is 8.06. The van der Waals surface area contributed by atoms with Crippen LogP contribution in [0.3, 0.4) is 0 Å². The van der Waals surface area contributed by atoms with Gasteiger partial charge in [0.2, 0.25) is 8.32 Å². The molecule has 0 aliphatic carbocycles. The first-order valence-electron chi connectivity index (χ1n) is 9.25. The molecule has 1 aromatic carbocycles. The number of amides is 1.